The second kappa shape index (κ2) is 13.6. The quantitative estimate of drug-likeness (QED) is 0.102. The minimum absolute atomic E-state index is 0.101. The highest BCUT2D eigenvalue weighted by Gasteiger charge is 2.30. The Morgan fingerprint density at radius 2 is 1.94 bits per heavy atom. The van der Waals surface area contributed by atoms with Gasteiger partial charge in [0.15, 0.2) is 0 Å². The lowest BCUT2D eigenvalue weighted by Gasteiger charge is -2.23. The third kappa shape index (κ3) is 8.66. The first-order valence-corrected chi connectivity index (χ1v) is 11.3. The normalized spacial score (nSPS) is 11.6. The van der Waals surface area contributed by atoms with Gasteiger partial charge in [0.25, 0.3) is 6.43 Å². The highest BCUT2D eigenvalue weighted by atomic mass is 32.2. The van der Waals surface area contributed by atoms with Crippen molar-refractivity contribution in [1.29, 1.82) is 0 Å². The number of H-pyrrole nitrogens is 1. The molecule has 0 spiro atoms. The number of alkyl halides is 5. The fourth-order valence-electron chi connectivity index (χ4n) is 2.76. The zero-order valence-electron chi connectivity index (χ0n) is 19.8. The maximum Gasteiger partial charge on any atom is 0.412 e. The van der Waals surface area contributed by atoms with E-state index in [4.69, 9.17) is 0 Å². The lowest BCUT2D eigenvalue weighted by molar-refractivity contribution is -0.468. The van der Waals surface area contributed by atoms with Crippen molar-refractivity contribution in [2.24, 2.45) is 0 Å². The fraction of sp³-hybridized carbons (Fsp3) is 0.364. The molecule has 0 aliphatic carbocycles. The van der Waals surface area contributed by atoms with Crippen LogP contribution in [-0.2, 0) is 0 Å². The Morgan fingerprint density at radius 1 is 1.33 bits per heavy atom. The Bertz CT molecular complexity index is 1150. The van der Waals surface area contributed by atoms with E-state index in [2.05, 4.69) is 23.4 Å². The molecule has 0 fully saturated rings. The molecule has 0 atom stereocenters. The summed E-state index contributed by atoms with van der Waals surface area (Å²) in [6.07, 6.45) is -5.13. The summed E-state index contributed by atoms with van der Waals surface area (Å²) in [5.74, 6) is 0. The van der Waals surface area contributed by atoms with Crippen LogP contribution in [0.1, 0.15) is 32.8 Å². The number of aromatic nitrogens is 3. The third-order valence-electron chi connectivity index (χ3n) is 4.70. The van der Waals surface area contributed by atoms with Crippen molar-refractivity contribution in [2.45, 2.75) is 38.5 Å². The van der Waals surface area contributed by atoms with Gasteiger partial charge in [-0.05, 0) is 45.0 Å². The maximum absolute atomic E-state index is 13.7. The molecule has 1 aromatic carbocycles. The summed E-state index contributed by atoms with van der Waals surface area (Å²) in [5.41, 5.74) is -0.959. The predicted octanol–water partition coefficient (Wildman–Crippen LogP) is 5.91. The first-order valence-electron chi connectivity index (χ1n) is 10.5. The van der Waals surface area contributed by atoms with Gasteiger partial charge in [-0.3, -0.25) is 10.1 Å². The number of allylic oxidation sites excluding steroid dienone is 2. The number of hydrogen-bond acceptors (Lipinski definition) is 6. The number of nitrogens with zero attached hydrogens (tertiary/aromatic N) is 4. The zero-order valence-corrected chi connectivity index (χ0v) is 20.6. The highest BCUT2D eigenvalue weighted by molar-refractivity contribution is 8.03. The summed E-state index contributed by atoms with van der Waals surface area (Å²) in [6.45, 7) is 12.7. The van der Waals surface area contributed by atoms with Crippen LogP contribution in [-0.4, -0.2) is 45.5 Å². The van der Waals surface area contributed by atoms with Crippen molar-refractivity contribution in [3.8, 4) is 5.69 Å². The van der Waals surface area contributed by atoms with Crippen LogP contribution in [0.15, 0.2) is 63.9 Å². The number of hydrogen-bond donors (Lipinski definition) is 1. The molecule has 0 unspecified atom stereocenters. The lowest BCUT2D eigenvalue weighted by Crippen LogP contribution is -2.23. The molecule has 198 valence electrons. The Morgan fingerprint density at radius 3 is 2.42 bits per heavy atom. The van der Waals surface area contributed by atoms with Gasteiger partial charge in [-0.2, -0.15) is 13.2 Å². The second-order valence-electron chi connectivity index (χ2n) is 7.04. The summed E-state index contributed by atoms with van der Waals surface area (Å²) < 4.78 is 63.3. The van der Waals surface area contributed by atoms with Crippen LogP contribution in [0.5, 0.6) is 0 Å². The van der Waals surface area contributed by atoms with E-state index in [-0.39, 0.29) is 16.4 Å². The van der Waals surface area contributed by atoms with Crippen LogP contribution in [0.4, 0.5) is 27.6 Å². The van der Waals surface area contributed by atoms with Gasteiger partial charge < -0.3 is 4.90 Å². The molecule has 1 N–H and O–H groups in total. The summed E-state index contributed by atoms with van der Waals surface area (Å²) >= 11 is 1.08. The van der Waals surface area contributed by atoms with Crippen LogP contribution < -0.4 is 10.6 Å². The van der Waals surface area contributed by atoms with Gasteiger partial charge in [-0.1, -0.05) is 31.0 Å². The molecule has 2 rings (SSSR count). The number of nitro groups is 1. The van der Waals surface area contributed by atoms with E-state index in [0.717, 1.165) is 23.3 Å². The molecule has 0 saturated heterocycles. The van der Waals surface area contributed by atoms with Crippen LogP contribution in [0.3, 0.4) is 0 Å². The van der Waals surface area contributed by atoms with Gasteiger partial charge in [0, 0.05) is 39.7 Å². The van der Waals surface area contributed by atoms with Gasteiger partial charge in [0.2, 0.25) is 11.7 Å². The van der Waals surface area contributed by atoms with E-state index in [1.165, 1.54) is 18.2 Å². The third-order valence-corrected chi connectivity index (χ3v) is 5.59. The van der Waals surface area contributed by atoms with Crippen molar-refractivity contribution in [1.82, 2.24) is 14.8 Å². The van der Waals surface area contributed by atoms with Gasteiger partial charge in [-0.15, -0.1) is 5.10 Å². The molecular weight excluding hydrogens is 509 g/mol. The summed E-state index contributed by atoms with van der Waals surface area (Å²) in [5, 5.41) is 16.0. The van der Waals surface area contributed by atoms with Gasteiger partial charge in [0.1, 0.15) is 0 Å². The zero-order chi connectivity index (χ0) is 27.6. The van der Waals surface area contributed by atoms with Crippen LogP contribution >= 0.6 is 11.8 Å². The van der Waals surface area contributed by atoms with E-state index in [9.17, 15) is 36.9 Å². The largest absolute Gasteiger partial charge is 0.412 e. The van der Waals surface area contributed by atoms with Crippen molar-refractivity contribution >= 4 is 17.4 Å². The van der Waals surface area contributed by atoms with Crippen LogP contribution in [0.2, 0.25) is 0 Å². The number of aromatic amines is 1. The summed E-state index contributed by atoms with van der Waals surface area (Å²) in [6, 6.07) is 4.67. The molecule has 0 aliphatic rings. The number of rotatable bonds is 10. The Labute approximate surface area is 208 Å². The Kier molecular flexibility index (Phi) is 11.6. The number of halogens is 5. The number of benzene rings is 1. The molecule has 1 heterocycles. The average molecular weight is 536 g/mol. The molecule has 0 saturated carbocycles. The minimum Gasteiger partial charge on any atom is -0.372 e. The van der Waals surface area contributed by atoms with Crippen molar-refractivity contribution in [2.75, 3.05) is 24.5 Å². The Hall–Kier alpha value is -3.42. The van der Waals surface area contributed by atoms with E-state index >= 15 is 0 Å². The summed E-state index contributed by atoms with van der Waals surface area (Å²) in [7, 11) is 0. The van der Waals surface area contributed by atoms with E-state index < -0.39 is 35.3 Å². The molecule has 36 heavy (non-hydrogen) atoms. The molecule has 14 heteroatoms. The monoisotopic (exact) mass is 535 g/mol. The van der Waals surface area contributed by atoms with Gasteiger partial charge in [-0.25, -0.2) is 23.2 Å². The van der Waals surface area contributed by atoms with E-state index in [1.54, 1.807) is 6.07 Å². The molecule has 1 aromatic heterocycles. The van der Waals surface area contributed by atoms with E-state index in [1.807, 2.05) is 18.7 Å². The smallest absolute Gasteiger partial charge is 0.372 e. The molecule has 0 amide bonds. The van der Waals surface area contributed by atoms with Crippen molar-refractivity contribution in [3.05, 3.63) is 80.1 Å². The predicted molar refractivity (Wildman–Crippen MR) is 130 cm³/mol. The molecule has 0 aliphatic heterocycles. The molecule has 0 bridgehead atoms. The summed E-state index contributed by atoms with van der Waals surface area (Å²) in [4.78, 5) is 23.5. The lowest BCUT2D eigenvalue weighted by atomic mass is 10.1. The molecule has 0 radical (unpaired) electrons. The number of anilines is 1. The Balaban J connectivity index is 0.000000497. The molecule has 8 nitrogen and oxygen atoms in total. The SMILES string of the molecule is C/C(=C\C[N+](=O)[O-])C(F)(F)F.C=CC(=C)Sc1n[nH]c(=O)n1-c1ccc(N(CC)CC)cc1C(F)F. The number of thioether (sulfide) groups is 1. The van der Waals surface area contributed by atoms with E-state index in [0.29, 0.717) is 29.8 Å². The average Bonchev–Trinajstić information content (AvgIpc) is 3.17. The first-order chi connectivity index (χ1) is 16.8. The standard InChI is InChI=1S/C17H20F2N4OS.C5H6F3NO2/c1-5-11(4)25-17-21-20-16(24)23(17)14-9-8-12(22(6-2)7-3)10-13(14)15(18)19;1-4(5(6,7)8)2-3-9(10)11/h5,8-10,15H,1,4,6-7H2,2-3H3,(H,20,24);2H,3H2,1H3/b;4-2+. The van der Waals surface area contributed by atoms with Crippen molar-refractivity contribution < 1.29 is 26.9 Å². The highest BCUT2D eigenvalue weighted by Crippen LogP contribution is 2.32. The van der Waals surface area contributed by atoms with Crippen LogP contribution in [0.25, 0.3) is 5.69 Å². The van der Waals surface area contributed by atoms with Crippen LogP contribution in [0, 0.1) is 10.1 Å². The number of nitrogens with one attached hydrogen (secondary N) is 1. The maximum atomic E-state index is 13.7. The molecular formula is C22H26F5N5O3S. The van der Waals surface area contributed by atoms with Gasteiger partial charge in [0.05, 0.1) is 5.69 Å². The van der Waals surface area contributed by atoms with Crippen molar-refractivity contribution in [3.63, 3.8) is 0 Å². The topological polar surface area (TPSA) is 97.1 Å². The second-order valence-corrected chi connectivity index (χ2v) is 8.13. The van der Waals surface area contributed by atoms with Gasteiger partial charge >= 0.3 is 11.9 Å². The first kappa shape index (κ1) is 30.6. The minimum atomic E-state index is -4.45. The molecule has 2 aromatic rings. The fourth-order valence-corrected chi connectivity index (χ4v) is 3.44.